The van der Waals surface area contributed by atoms with E-state index in [4.69, 9.17) is 0 Å². The summed E-state index contributed by atoms with van der Waals surface area (Å²) in [6.07, 6.45) is 6.82. The van der Waals surface area contributed by atoms with E-state index in [2.05, 4.69) is 28.1 Å². The molecule has 2 aromatic heterocycles. The van der Waals surface area contributed by atoms with Crippen molar-refractivity contribution in [3.05, 3.63) is 91.5 Å². The molecule has 3 heterocycles. The summed E-state index contributed by atoms with van der Waals surface area (Å²) in [6, 6.07) is 9.44. The van der Waals surface area contributed by atoms with E-state index in [1.165, 1.54) is 5.70 Å². The van der Waals surface area contributed by atoms with Crippen LogP contribution >= 0.6 is 0 Å². The summed E-state index contributed by atoms with van der Waals surface area (Å²) >= 11 is 1.04. The van der Waals surface area contributed by atoms with Crippen LogP contribution in [0.15, 0.2) is 70.3 Å². The van der Waals surface area contributed by atoms with Gasteiger partial charge in [-0.15, -0.1) is 0 Å². The Labute approximate surface area is 174 Å². The number of rotatable bonds is 2. The molecule has 0 N–H and O–H groups in total. The molecule has 0 saturated carbocycles. The summed E-state index contributed by atoms with van der Waals surface area (Å²) in [5.74, 6) is -0.287. The molecule has 1 aromatic carbocycles. The molecular weight excluding hydrogens is 480 g/mol. The maximum absolute atomic E-state index is 12.6. The zero-order chi connectivity index (χ0) is 18.8. The molecule has 0 saturated heterocycles. The van der Waals surface area contributed by atoms with Gasteiger partial charge in [0, 0.05) is 0 Å². The Bertz CT molecular complexity index is 1250. The Kier molecular flexibility index (Phi) is 3.69. The van der Waals surface area contributed by atoms with E-state index < -0.39 is 0 Å². The molecule has 0 spiro atoms. The summed E-state index contributed by atoms with van der Waals surface area (Å²) in [7, 11) is 0. The van der Waals surface area contributed by atoms with Crippen molar-refractivity contribution in [2.75, 3.05) is 0 Å². The van der Waals surface area contributed by atoms with Gasteiger partial charge in [-0.2, -0.15) is 0 Å². The number of carbonyl (C=O) groups is 2. The molecule has 6 rings (SSSR count). The van der Waals surface area contributed by atoms with Crippen LogP contribution in [0.5, 0.6) is 0 Å². The summed E-state index contributed by atoms with van der Waals surface area (Å²) in [4.78, 5) is 30.0. The van der Waals surface area contributed by atoms with Gasteiger partial charge in [-0.25, -0.2) is 0 Å². The van der Waals surface area contributed by atoms with E-state index >= 15 is 0 Å². The van der Waals surface area contributed by atoms with Gasteiger partial charge in [-0.05, 0) is 0 Å². The quantitative estimate of drug-likeness (QED) is 0.311. The fourth-order valence-corrected chi connectivity index (χ4v) is 10.2. The van der Waals surface area contributed by atoms with Gasteiger partial charge < -0.3 is 0 Å². The number of ketones is 2. The van der Waals surface area contributed by atoms with Crippen LogP contribution in [0.2, 0.25) is 0 Å². The molecule has 0 unspecified atom stereocenters. The minimum atomic E-state index is -0.144. The van der Waals surface area contributed by atoms with Crippen molar-refractivity contribution < 1.29 is 9.59 Å². The van der Waals surface area contributed by atoms with Crippen LogP contribution < -0.4 is 0 Å². The number of hydrogen-bond acceptors (Lipinski definition) is 3. The topological polar surface area (TPSA) is 37.4 Å². The number of benzene rings is 1. The van der Waals surface area contributed by atoms with Gasteiger partial charge in [0.05, 0.1) is 0 Å². The molecule has 136 valence electrons. The van der Waals surface area contributed by atoms with Crippen LogP contribution in [0.4, 0.5) is 0 Å². The fraction of sp³-hybridized carbons (Fsp3) is 0.130. The minimum absolute atomic E-state index is 0.144. The van der Waals surface area contributed by atoms with Crippen molar-refractivity contribution in [2.45, 2.75) is 19.5 Å². The summed E-state index contributed by atoms with van der Waals surface area (Å²) < 4.78 is 4.89. The average Bonchev–Trinajstić information content (AvgIpc) is 3.48. The number of fused-ring (bicyclic) bond motifs is 4. The van der Waals surface area contributed by atoms with Crippen molar-refractivity contribution in [1.82, 2.24) is 4.90 Å². The van der Waals surface area contributed by atoms with Gasteiger partial charge in [0.2, 0.25) is 0 Å². The number of hydrogen-bond donors (Lipinski definition) is 0. The van der Waals surface area contributed by atoms with Crippen molar-refractivity contribution in [1.29, 1.82) is 0 Å². The van der Waals surface area contributed by atoms with Gasteiger partial charge in [0.15, 0.2) is 0 Å². The fourth-order valence-electron chi connectivity index (χ4n) is 4.27. The first-order valence-electron chi connectivity index (χ1n) is 9.21. The zero-order valence-corrected chi connectivity index (χ0v) is 18.3. The molecule has 0 radical (unpaired) electrons. The molecule has 0 amide bonds. The van der Waals surface area contributed by atoms with Crippen LogP contribution in [-0.4, -0.2) is 45.5 Å². The van der Waals surface area contributed by atoms with Gasteiger partial charge in [-0.3, -0.25) is 0 Å². The SMILES string of the molecule is O=C1C(=CC2=CC=C(N3Cc4[se]c5cc[se]c5c4C3)C2)C(=O)c2ccccc21. The number of carbonyl (C=O) groups excluding carboxylic acids is 2. The van der Waals surface area contributed by atoms with E-state index in [0.717, 1.165) is 25.1 Å². The normalized spacial score (nSPS) is 18.0. The second-order valence-electron chi connectivity index (χ2n) is 7.31. The van der Waals surface area contributed by atoms with Gasteiger partial charge in [0.25, 0.3) is 0 Å². The Morgan fingerprint density at radius 2 is 1.75 bits per heavy atom. The van der Waals surface area contributed by atoms with Crippen LogP contribution in [0.3, 0.4) is 0 Å². The molecule has 0 bridgehead atoms. The Morgan fingerprint density at radius 1 is 0.964 bits per heavy atom. The van der Waals surface area contributed by atoms with Gasteiger partial charge in [-0.1, -0.05) is 0 Å². The number of nitrogens with zero attached hydrogens (tertiary/aromatic N) is 1. The van der Waals surface area contributed by atoms with Crippen LogP contribution in [-0.2, 0) is 13.1 Å². The molecule has 5 heteroatoms. The van der Waals surface area contributed by atoms with Crippen LogP contribution in [0.1, 0.15) is 37.1 Å². The van der Waals surface area contributed by atoms with E-state index in [9.17, 15) is 9.59 Å². The van der Waals surface area contributed by atoms with E-state index in [-0.39, 0.29) is 11.6 Å². The van der Waals surface area contributed by atoms with Crippen molar-refractivity contribution in [3.8, 4) is 0 Å². The van der Waals surface area contributed by atoms with Crippen molar-refractivity contribution >= 4 is 49.1 Å². The predicted octanol–water partition coefficient (Wildman–Crippen LogP) is 3.49. The molecule has 28 heavy (non-hydrogen) atoms. The molecule has 0 fully saturated rings. The average molecular weight is 495 g/mol. The van der Waals surface area contributed by atoms with Crippen LogP contribution in [0.25, 0.3) is 8.52 Å². The van der Waals surface area contributed by atoms with Crippen molar-refractivity contribution in [3.63, 3.8) is 0 Å². The Balaban J connectivity index is 1.21. The number of allylic oxidation sites excluding steroid dienone is 5. The number of Topliss-reactive ketones (excluding diaryl/α,β-unsaturated/α-hetero) is 2. The van der Waals surface area contributed by atoms with Gasteiger partial charge in [0.1, 0.15) is 0 Å². The summed E-state index contributed by atoms with van der Waals surface area (Å²) in [5.41, 5.74) is 5.32. The van der Waals surface area contributed by atoms with E-state index in [1.54, 1.807) is 36.7 Å². The summed E-state index contributed by atoms with van der Waals surface area (Å²) in [6.45, 7) is 2.06. The third kappa shape index (κ3) is 2.41. The first-order chi connectivity index (χ1) is 13.7. The molecule has 3 nitrogen and oxygen atoms in total. The van der Waals surface area contributed by atoms with E-state index in [1.807, 2.05) is 12.1 Å². The predicted molar refractivity (Wildman–Crippen MR) is 111 cm³/mol. The molecule has 1 aliphatic heterocycles. The molecule has 3 aliphatic rings. The molecule has 0 atom stereocenters. The molecule has 3 aromatic rings. The standard InChI is InChI=1S/C23H15NO2Se2/c25-21-15-3-1-2-4-16(15)22(26)17(21)10-13-5-6-14(9-13)24-11-18-20(12-24)28-19-7-8-27-23(18)19/h1-8,10H,9,11-12H2. The van der Waals surface area contributed by atoms with E-state index in [0.29, 0.717) is 45.7 Å². The second kappa shape index (κ2) is 6.17. The second-order valence-corrected chi connectivity index (χ2v) is 11.6. The Hall–Kier alpha value is -2.16. The van der Waals surface area contributed by atoms with Crippen molar-refractivity contribution in [2.24, 2.45) is 0 Å². The first-order valence-corrected chi connectivity index (χ1v) is 12.8. The third-order valence-electron chi connectivity index (χ3n) is 5.67. The van der Waals surface area contributed by atoms with Crippen LogP contribution in [0, 0.1) is 0 Å². The maximum atomic E-state index is 12.6. The first kappa shape index (κ1) is 16.8. The molecular formula is C23H15NO2Se2. The summed E-state index contributed by atoms with van der Waals surface area (Å²) in [5, 5.41) is 0. The Morgan fingerprint density at radius 3 is 2.54 bits per heavy atom. The molecule has 2 aliphatic carbocycles. The van der Waals surface area contributed by atoms with Gasteiger partial charge >= 0.3 is 175 Å². The monoisotopic (exact) mass is 497 g/mol. The third-order valence-corrected chi connectivity index (χ3v) is 10.9. The zero-order valence-electron chi connectivity index (χ0n) is 14.9.